The highest BCUT2D eigenvalue weighted by atomic mass is 19.4. The highest BCUT2D eigenvalue weighted by Crippen LogP contribution is 2.38. The minimum atomic E-state index is -4.99. The third-order valence-electron chi connectivity index (χ3n) is 3.79. The van der Waals surface area contributed by atoms with Crippen molar-refractivity contribution < 1.29 is 36.2 Å². The summed E-state index contributed by atoms with van der Waals surface area (Å²) >= 11 is 0. The average Bonchev–Trinajstić information content (AvgIpc) is 3.11. The summed E-state index contributed by atoms with van der Waals surface area (Å²) in [6.07, 6.45) is -8.05. The minimum absolute atomic E-state index is 0.00824. The molecule has 7 nitrogen and oxygen atoms in total. The van der Waals surface area contributed by atoms with Gasteiger partial charge in [-0.3, -0.25) is 10.2 Å². The molecule has 1 amide bonds. The molecule has 0 fully saturated rings. The predicted molar refractivity (Wildman–Crippen MR) is 97.5 cm³/mol. The van der Waals surface area contributed by atoms with E-state index in [-0.39, 0.29) is 11.9 Å². The molecule has 0 saturated heterocycles. The van der Waals surface area contributed by atoms with Crippen LogP contribution in [0.15, 0.2) is 30.6 Å². The van der Waals surface area contributed by atoms with Crippen molar-refractivity contribution in [1.29, 1.82) is 0 Å². The first-order chi connectivity index (χ1) is 14.1. The molecular formula is C18H19F6N5O2. The van der Waals surface area contributed by atoms with Crippen LogP contribution in [-0.4, -0.2) is 32.0 Å². The van der Waals surface area contributed by atoms with Gasteiger partial charge in [0.05, 0.1) is 11.1 Å². The lowest BCUT2D eigenvalue weighted by Crippen LogP contribution is -2.47. The second kappa shape index (κ2) is 8.67. The molecule has 31 heavy (non-hydrogen) atoms. The van der Waals surface area contributed by atoms with Gasteiger partial charge in [0.2, 0.25) is 5.91 Å². The molecule has 1 aromatic carbocycles. The van der Waals surface area contributed by atoms with E-state index >= 15 is 0 Å². The van der Waals surface area contributed by atoms with Gasteiger partial charge in [0.1, 0.15) is 12.6 Å². The van der Waals surface area contributed by atoms with Gasteiger partial charge in [0.15, 0.2) is 5.82 Å². The van der Waals surface area contributed by atoms with E-state index in [1.54, 1.807) is 20.8 Å². The second-order valence-electron chi connectivity index (χ2n) is 7.48. The van der Waals surface area contributed by atoms with E-state index in [0.717, 1.165) is 23.3 Å². The van der Waals surface area contributed by atoms with Gasteiger partial charge in [-0.2, -0.15) is 26.3 Å². The van der Waals surface area contributed by atoms with Gasteiger partial charge in [-0.05, 0) is 24.3 Å². The Morgan fingerprint density at radius 3 is 2.10 bits per heavy atom. The zero-order chi connectivity index (χ0) is 23.6. The molecule has 3 N–H and O–H groups in total. The Bertz CT molecular complexity index is 927. The van der Waals surface area contributed by atoms with Crippen LogP contribution in [0.3, 0.4) is 0 Å². The fourth-order valence-corrected chi connectivity index (χ4v) is 2.11. The van der Waals surface area contributed by atoms with Crippen LogP contribution in [0.4, 0.5) is 26.3 Å². The normalized spacial score (nSPS) is 14.1. The summed E-state index contributed by atoms with van der Waals surface area (Å²) in [6.45, 7) is 4.96. The van der Waals surface area contributed by atoms with E-state index < -0.39 is 46.6 Å². The number of benzene rings is 1. The zero-order valence-corrected chi connectivity index (χ0v) is 16.5. The van der Waals surface area contributed by atoms with E-state index in [1.807, 2.05) is 0 Å². The van der Waals surface area contributed by atoms with Gasteiger partial charge >= 0.3 is 12.4 Å². The molecule has 0 aliphatic heterocycles. The van der Waals surface area contributed by atoms with Crippen LogP contribution in [0, 0.1) is 5.41 Å². The molecule has 0 radical (unpaired) electrons. The Kier molecular flexibility index (Phi) is 6.81. The lowest BCUT2D eigenvalue weighted by Gasteiger charge is -2.19. The van der Waals surface area contributed by atoms with Crippen LogP contribution in [-0.2, 0) is 17.1 Å². The Hall–Kier alpha value is -2.93. The molecule has 0 saturated carbocycles. The summed E-state index contributed by atoms with van der Waals surface area (Å²) in [5.74, 6) is -0.780. The number of halogens is 6. The molecule has 170 valence electrons. The maximum absolute atomic E-state index is 13.0. The molecule has 1 atom stereocenters. The number of amides is 1. The van der Waals surface area contributed by atoms with Gasteiger partial charge in [-0.15, -0.1) is 5.10 Å². The molecule has 0 bridgehead atoms. The molecule has 1 unspecified atom stereocenters. The van der Waals surface area contributed by atoms with E-state index in [2.05, 4.69) is 20.9 Å². The highest BCUT2D eigenvalue weighted by Gasteiger charge is 2.37. The SMILES string of the molecule is CC(C)(C)C(=O)NNC(O)/C=C\n1cnc(-c2cc(C(F)(F)F)cc(C(F)(F)F)c2)n1. The number of alkyl halides is 6. The first-order valence-electron chi connectivity index (χ1n) is 8.71. The van der Waals surface area contributed by atoms with Crippen molar-refractivity contribution in [3.05, 3.63) is 41.7 Å². The van der Waals surface area contributed by atoms with Crippen LogP contribution in [0.5, 0.6) is 0 Å². The molecular weight excluding hydrogens is 432 g/mol. The monoisotopic (exact) mass is 451 g/mol. The molecule has 2 rings (SSSR count). The van der Waals surface area contributed by atoms with Crippen molar-refractivity contribution in [2.75, 3.05) is 0 Å². The van der Waals surface area contributed by atoms with E-state index in [0.29, 0.717) is 12.1 Å². The van der Waals surface area contributed by atoms with Crippen molar-refractivity contribution in [3.8, 4) is 11.4 Å². The maximum atomic E-state index is 13.0. The third kappa shape index (κ3) is 6.79. The van der Waals surface area contributed by atoms with Gasteiger partial charge in [-0.1, -0.05) is 20.8 Å². The smallest absolute Gasteiger partial charge is 0.373 e. The fraction of sp³-hybridized carbons (Fsp3) is 0.389. The van der Waals surface area contributed by atoms with Gasteiger partial charge < -0.3 is 5.11 Å². The number of nitrogens with zero attached hydrogens (tertiary/aromatic N) is 3. The number of nitrogens with one attached hydrogen (secondary N) is 2. The first kappa shape index (κ1) is 24.3. The van der Waals surface area contributed by atoms with E-state index in [4.69, 9.17) is 0 Å². The molecule has 0 aliphatic rings. The molecule has 2 aromatic rings. The summed E-state index contributed by atoms with van der Waals surface area (Å²) in [5.41, 5.74) is 0.418. The number of aliphatic hydroxyl groups excluding tert-OH is 1. The minimum Gasteiger partial charge on any atom is -0.373 e. The van der Waals surface area contributed by atoms with Crippen molar-refractivity contribution in [3.63, 3.8) is 0 Å². The summed E-state index contributed by atoms with van der Waals surface area (Å²) < 4.78 is 78.9. The molecule has 13 heteroatoms. The maximum Gasteiger partial charge on any atom is 0.416 e. The number of aliphatic hydroxyl groups is 1. The topological polar surface area (TPSA) is 92.1 Å². The van der Waals surface area contributed by atoms with Gasteiger partial charge in [0, 0.05) is 17.2 Å². The van der Waals surface area contributed by atoms with Crippen LogP contribution >= 0.6 is 0 Å². The quantitative estimate of drug-likeness (QED) is 0.368. The molecule has 0 spiro atoms. The number of hydrogen-bond acceptors (Lipinski definition) is 5. The first-order valence-corrected chi connectivity index (χ1v) is 8.71. The zero-order valence-electron chi connectivity index (χ0n) is 16.5. The van der Waals surface area contributed by atoms with Crippen molar-refractivity contribution in [1.82, 2.24) is 25.6 Å². The third-order valence-corrected chi connectivity index (χ3v) is 3.79. The summed E-state index contributed by atoms with van der Waals surface area (Å²) in [5, 5.41) is 13.6. The van der Waals surface area contributed by atoms with Gasteiger partial charge in [0.25, 0.3) is 0 Å². The lowest BCUT2D eigenvalue weighted by molar-refractivity contribution is -0.143. The van der Waals surface area contributed by atoms with Crippen molar-refractivity contribution in [2.24, 2.45) is 5.41 Å². The van der Waals surface area contributed by atoms with Crippen LogP contribution in [0.1, 0.15) is 31.9 Å². The summed E-state index contributed by atoms with van der Waals surface area (Å²) in [6, 6.07) is 1.03. The molecule has 0 aliphatic carbocycles. The summed E-state index contributed by atoms with van der Waals surface area (Å²) in [4.78, 5) is 15.4. The van der Waals surface area contributed by atoms with Crippen LogP contribution in [0.25, 0.3) is 17.6 Å². The Labute approximate surface area is 172 Å². The standard InChI is InChI=1S/C18H19F6N5O2/c1-16(2,3)15(31)27-26-13(30)4-5-29-9-25-14(28-29)10-6-11(17(19,20)21)8-12(7-10)18(22,23)24/h4-9,13,26,30H,1-3H3,(H,27,31)/b5-4-. The molecule has 1 aromatic heterocycles. The van der Waals surface area contributed by atoms with Crippen molar-refractivity contribution >= 4 is 12.1 Å². The fourth-order valence-electron chi connectivity index (χ4n) is 2.11. The number of hydrogen-bond donors (Lipinski definition) is 3. The number of carbonyl (C=O) groups excluding carboxylic acids is 1. The summed E-state index contributed by atoms with van der Waals surface area (Å²) in [7, 11) is 0. The van der Waals surface area contributed by atoms with Crippen LogP contribution < -0.4 is 10.9 Å². The van der Waals surface area contributed by atoms with E-state index in [9.17, 15) is 36.2 Å². The highest BCUT2D eigenvalue weighted by molar-refractivity contribution is 5.80. The molecule has 1 heterocycles. The number of rotatable bonds is 5. The van der Waals surface area contributed by atoms with E-state index in [1.165, 1.54) is 0 Å². The number of hydrazine groups is 1. The Balaban J connectivity index is 2.20. The van der Waals surface area contributed by atoms with Crippen molar-refractivity contribution in [2.45, 2.75) is 39.4 Å². The lowest BCUT2D eigenvalue weighted by atomic mass is 9.96. The second-order valence-corrected chi connectivity index (χ2v) is 7.48. The largest absolute Gasteiger partial charge is 0.416 e. The Morgan fingerprint density at radius 1 is 1.06 bits per heavy atom. The Morgan fingerprint density at radius 2 is 1.61 bits per heavy atom. The van der Waals surface area contributed by atoms with Crippen LogP contribution in [0.2, 0.25) is 0 Å². The average molecular weight is 451 g/mol. The predicted octanol–water partition coefficient (Wildman–Crippen LogP) is 3.44. The number of carbonyl (C=O) groups is 1. The number of aromatic nitrogens is 3. The van der Waals surface area contributed by atoms with Gasteiger partial charge in [-0.25, -0.2) is 15.1 Å².